The Bertz CT molecular complexity index is 2130. The van der Waals surface area contributed by atoms with Gasteiger partial charge in [0.1, 0.15) is 12.4 Å². The number of hydrogen-bond donors (Lipinski definition) is 0. The molecule has 256 valence electrons. The molecule has 1 atom stereocenters. The molecule has 1 aliphatic heterocycles. The Hall–Kier alpha value is -4.29. The molecule has 0 unspecified atom stereocenters. The molecule has 1 aliphatic rings. The first-order valence-corrected chi connectivity index (χ1v) is 17.0. The van der Waals surface area contributed by atoms with Crippen LogP contribution in [0.4, 0.5) is 0 Å². The lowest BCUT2D eigenvalue weighted by atomic mass is 9.95. The van der Waals surface area contributed by atoms with Crippen LogP contribution >= 0.6 is 46.1 Å². The third kappa shape index (κ3) is 7.96. The maximum absolute atomic E-state index is 14.3. The van der Waals surface area contributed by atoms with E-state index in [1.54, 1.807) is 63.2 Å². The lowest BCUT2D eigenvalue weighted by molar-refractivity contribution is -0.143. The zero-order valence-electron chi connectivity index (χ0n) is 26.9. The number of aromatic nitrogens is 1. The van der Waals surface area contributed by atoms with Crippen LogP contribution in [-0.4, -0.2) is 43.4 Å². The van der Waals surface area contributed by atoms with Crippen molar-refractivity contribution in [3.8, 4) is 17.2 Å². The molecule has 0 aliphatic carbocycles. The molecule has 14 heteroatoms. The topological polar surface area (TPSA) is 115 Å². The van der Waals surface area contributed by atoms with Gasteiger partial charge in [0.25, 0.3) is 5.56 Å². The zero-order valence-corrected chi connectivity index (χ0v) is 30.0. The predicted octanol–water partition coefficient (Wildman–Crippen LogP) is 6.29. The molecule has 0 saturated heterocycles. The average Bonchev–Trinajstić information content (AvgIpc) is 3.37. The van der Waals surface area contributed by atoms with Crippen molar-refractivity contribution >= 4 is 64.2 Å². The second kappa shape index (κ2) is 15.9. The van der Waals surface area contributed by atoms with Gasteiger partial charge < -0.3 is 23.7 Å². The number of methoxy groups -OCH3 is 1. The molecule has 0 spiro atoms. The summed E-state index contributed by atoms with van der Waals surface area (Å²) in [7, 11) is 1.26. The number of rotatable bonds is 12. The minimum absolute atomic E-state index is 0.115. The van der Waals surface area contributed by atoms with Gasteiger partial charge in [-0.3, -0.25) is 9.36 Å². The van der Waals surface area contributed by atoms with E-state index in [0.29, 0.717) is 43.2 Å². The van der Waals surface area contributed by atoms with Crippen molar-refractivity contribution in [2.24, 2.45) is 4.99 Å². The van der Waals surface area contributed by atoms with Crippen molar-refractivity contribution in [2.75, 3.05) is 26.9 Å². The molecular weight excluding hydrogens is 715 g/mol. The number of fused-ring (bicyclic) bond motifs is 1. The molecule has 2 heterocycles. The van der Waals surface area contributed by atoms with Gasteiger partial charge in [-0.05, 0) is 62.7 Å². The number of ether oxygens (including phenoxy) is 5. The normalized spacial score (nSPS) is 14.2. The Balaban J connectivity index is 1.65. The second-order valence-corrected chi connectivity index (χ2v) is 12.8. The number of hydrogen-bond acceptors (Lipinski definition) is 10. The van der Waals surface area contributed by atoms with Crippen LogP contribution in [0.25, 0.3) is 6.08 Å². The highest BCUT2D eigenvalue weighted by atomic mass is 35.5. The van der Waals surface area contributed by atoms with Gasteiger partial charge in [0.05, 0.1) is 47.2 Å². The molecule has 10 nitrogen and oxygen atoms in total. The molecule has 49 heavy (non-hydrogen) atoms. The Morgan fingerprint density at radius 1 is 0.959 bits per heavy atom. The highest BCUT2D eigenvalue weighted by molar-refractivity contribution is 7.07. The lowest BCUT2D eigenvalue weighted by Gasteiger charge is -2.25. The molecule has 0 N–H and O–H groups in total. The van der Waals surface area contributed by atoms with Crippen LogP contribution in [0.1, 0.15) is 43.5 Å². The fraction of sp³-hybridized carbons (Fsp3) is 0.257. The van der Waals surface area contributed by atoms with Gasteiger partial charge in [-0.15, -0.1) is 0 Å². The molecule has 0 radical (unpaired) electrons. The van der Waals surface area contributed by atoms with E-state index in [4.69, 9.17) is 53.8 Å². The summed E-state index contributed by atoms with van der Waals surface area (Å²) in [5, 5.41) is 1.12. The highest BCUT2D eigenvalue weighted by Crippen LogP contribution is 2.37. The lowest BCUT2D eigenvalue weighted by Crippen LogP contribution is -2.40. The van der Waals surface area contributed by atoms with Crippen molar-refractivity contribution in [3.05, 3.63) is 117 Å². The number of nitrogens with zero attached hydrogens (tertiary/aromatic N) is 2. The number of allylic oxidation sites excluding steroid dienone is 1. The monoisotopic (exact) mass is 744 g/mol. The number of esters is 2. The Labute approximate surface area is 300 Å². The van der Waals surface area contributed by atoms with E-state index in [9.17, 15) is 14.4 Å². The number of benzene rings is 3. The van der Waals surface area contributed by atoms with E-state index < -0.39 is 23.5 Å². The van der Waals surface area contributed by atoms with Gasteiger partial charge in [0.2, 0.25) is 0 Å². The van der Waals surface area contributed by atoms with Crippen LogP contribution in [0.15, 0.2) is 75.7 Å². The van der Waals surface area contributed by atoms with Gasteiger partial charge in [0.15, 0.2) is 22.9 Å². The maximum Gasteiger partial charge on any atom is 0.343 e. The first-order chi connectivity index (χ1) is 23.6. The summed E-state index contributed by atoms with van der Waals surface area (Å²) in [4.78, 5) is 44.4. The molecule has 1 aromatic heterocycles. The van der Waals surface area contributed by atoms with Crippen LogP contribution < -0.4 is 29.1 Å². The molecule has 0 saturated carbocycles. The predicted molar refractivity (Wildman–Crippen MR) is 188 cm³/mol. The smallest absolute Gasteiger partial charge is 0.343 e. The first kappa shape index (κ1) is 36.0. The Morgan fingerprint density at radius 3 is 2.45 bits per heavy atom. The third-order valence-corrected chi connectivity index (χ3v) is 9.18. The van der Waals surface area contributed by atoms with E-state index >= 15 is 0 Å². The third-order valence-electron chi connectivity index (χ3n) is 7.33. The molecule has 3 aromatic carbocycles. The van der Waals surface area contributed by atoms with Crippen LogP contribution in [0, 0.1) is 0 Å². The first-order valence-electron chi connectivity index (χ1n) is 15.1. The summed E-state index contributed by atoms with van der Waals surface area (Å²) in [5.74, 6) is -0.300. The van der Waals surface area contributed by atoms with Crippen LogP contribution in [0.3, 0.4) is 0 Å². The van der Waals surface area contributed by atoms with E-state index in [1.165, 1.54) is 11.7 Å². The molecule has 4 aromatic rings. The Kier molecular flexibility index (Phi) is 11.7. The van der Waals surface area contributed by atoms with Crippen LogP contribution in [0.5, 0.6) is 17.2 Å². The molecular formula is C35H31Cl3N2O8S. The van der Waals surface area contributed by atoms with Gasteiger partial charge >= 0.3 is 11.9 Å². The maximum atomic E-state index is 14.3. The molecule has 0 amide bonds. The second-order valence-electron chi connectivity index (χ2n) is 10.5. The van der Waals surface area contributed by atoms with Gasteiger partial charge in [-0.2, -0.15) is 0 Å². The van der Waals surface area contributed by atoms with Gasteiger partial charge in [0, 0.05) is 21.2 Å². The van der Waals surface area contributed by atoms with Crippen molar-refractivity contribution in [2.45, 2.75) is 33.4 Å². The minimum atomic E-state index is -0.940. The number of carbonyl (C=O) groups is 2. The quantitative estimate of drug-likeness (QED) is 0.156. The number of carbonyl (C=O) groups excluding carboxylic acids is 2. The number of thiazole rings is 1. The van der Waals surface area contributed by atoms with E-state index in [2.05, 4.69) is 9.73 Å². The largest absolute Gasteiger partial charge is 0.490 e. The van der Waals surface area contributed by atoms with E-state index in [0.717, 1.165) is 16.9 Å². The summed E-state index contributed by atoms with van der Waals surface area (Å²) in [5.41, 5.74) is 1.86. The number of halogens is 3. The highest BCUT2D eigenvalue weighted by Gasteiger charge is 2.34. The van der Waals surface area contributed by atoms with Crippen LogP contribution in [-0.2, 0) is 25.7 Å². The fourth-order valence-corrected chi connectivity index (χ4v) is 6.92. The molecule has 5 rings (SSSR count). The van der Waals surface area contributed by atoms with Crippen molar-refractivity contribution < 1.29 is 33.3 Å². The minimum Gasteiger partial charge on any atom is -0.490 e. The summed E-state index contributed by atoms with van der Waals surface area (Å²) in [6, 6.07) is 14.5. The summed E-state index contributed by atoms with van der Waals surface area (Å²) < 4.78 is 29.4. The molecule has 0 fully saturated rings. The molecule has 0 bridgehead atoms. The van der Waals surface area contributed by atoms with Crippen molar-refractivity contribution in [1.82, 2.24) is 4.57 Å². The van der Waals surface area contributed by atoms with E-state index in [-0.39, 0.29) is 47.3 Å². The van der Waals surface area contributed by atoms with Gasteiger partial charge in [-0.1, -0.05) is 70.4 Å². The fourth-order valence-electron chi connectivity index (χ4n) is 5.13. The zero-order chi connectivity index (χ0) is 35.2. The Morgan fingerprint density at radius 2 is 1.73 bits per heavy atom. The standard InChI is InChI=1S/C35H31Cl3N2O8S/c1-5-45-27-14-20(11-12-26(27)47-18-29(41)44-4)31-30(34(43)46-6-2)19(3)39-35-40(31)33(42)28(49-35)15-22-13-23(36)16-25(38)32(22)48-17-21-9-7-8-10-24(21)37/h7-16,31H,5-6,17-18H2,1-4H3/b28-15+/t31-/m1/s1. The van der Waals surface area contributed by atoms with Gasteiger partial charge in [-0.25, -0.2) is 14.6 Å². The SMILES string of the molecule is CCOC(=O)C1=C(C)N=c2s/c(=C/c3cc(Cl)cc(Cl)c3OCc3ccccc3Cl)c(=O)n2[C@@H]1c1ccc(OCC(=O)OC)c(OCC)c1. The summed E-state index contributed by atoms with van der Waals surface area (Å²) in [6.07, 6.45) is 1.62. The van der Waals surface area contributed by atoms with E-state index in [1.807, 2.05) is 18.2 Å². The summed E-state index contributed by atoms with van der Waals surface area (Å²) in [6.45, 7) is 5.35. The van der Waals surface area contributed by atoms with Crippen LogP contribution in [0.2, 0.25) is 15.1 Å². The summed E-state index contributed by atoms with van der Waals surface area (Å²) >= 11 is 20.4. The average molecular weight is 746 g/mol. The van der Waals surface area contributed by atoms with Crippen molar-refractivity contribution in [1.29, 1.82) is 0 Å². The van der Waals surface area contributed by atoms with Crippen molar-refractivity contribution in [3.63, 3.8) is 0 Å².